The molecule has 1 aliphatic rings. The molecule has 0 saturated carbocycles. The third-order valence-electron chi connectivity index (χ3n) is 1.89. The fourth-order valence-electron chi connectivity index (χ4n) is 1.05. The molecule has 0 bridgehead atoms. The minimum atomic E-state index is 0.121. The van der Waals surface area contributed by atoms with Crippen LogP contribution < -0.4 is 5.32 Å². The predicted molar refractivity (Wildman–Crippen MR) is 50.3 cm³/mol. The Kier molecular flexibility index (Phi) is 3.40. The fourth-order valence-corrected chi connectivity index (χ4v) is 1.41. The smallest absolute Gasteiger partial charge is 0.230 e. The van der Waals surface area contributed by atoms with Crippen LogP contribution in [-0.4, -0.2) is 37.7 Å². The Bertz CT molecular complexity index is 168. The molecular weight excluding hydrogens is 174 g/mol. The number of rotatable bonds is 4. The zero-order valence-corrected chi connectivity index (χ0v) is 8.37. The number of amides is 1. The summed E-state index contributed by atoms with van der Waals surface area (Å²) in [7, 11) is 0. The Hall–Kier alpha value is -0.220. The van der Waals surface area contributed by atoms with E-state index in [1.807, 2.05) is 6.26 Å². The van der Waals surface area contributed by atoms with Crippen LogP contribution in [0.4, 0.5) is 0 Å². The normalized spacial score (nSPS) is 19.8. The molecule has 0 radical (unpaired) electrons. The van der Waals surface area contributed by atoms with E-state index < -0.39 is 0 Å². The van der Waals surface area contributed by atoms with Gasteiger partial charge in [-0.25, -0.2) is 0 Å². The fraction of sp³-hybridized carbons (Fsp3) is 0.875. The van der Waals surface area contributed by atoms with Crippen molar-refractivity contribution < 1.29 is 9.53 Å². The quantitative estimate of drug-likeness (QED) is 0.700. The van der Waals surface area contributed by atoms with Crippen LogP contribution in [0.2, 0.25) is 0 Å². The van der Waals surface area contributed by atoms with Gasteiger partial charge in [-0.15, -0.1) is 0 Å². The number of hydrogen-bond donors (Lipinski definition) is 1. The molecule has 1 aliphatic heterocycles. The van der Waals surface area contributed by atoms with E-state index in [-0.39, 0.29) is 11.3 Å². The van der Waals surface area contributed by atoms with E-state index in [1.165, 1.54) is 0 Å². The summed E-state index contributed by atoms with van der Waals surface area (Å²) in [4.78, 5) is 11.1. The monoisotopic (exact) mass is 189 g/mol. The molecule has 3 nitrogen and oxygen atoms in total. The molecule has 0 atom stereocenters. The molecule has 4 heteroatoms. The number of hydrogen-bond acceptors (Lipinski definition) is 3. The largest absolute Gasteiger partial charge is 0.380 e. The van der Waals surface area contributed by atoms with Gasteiger partial charge in [0, 0.05) is 12.0 Å². The van der Waals surface area contributed by atoms with Crippen LogP contribution >= 0.6 is 11.8 Å². The third kappa shape index (κ3) is 2.68. The zero-order valence-electron chi connectivity index (χ0n) is 7.55. The second kappa shape index (κ2) is 4.14. The molecule has 0 aromatic rings. The number of ether oxygens (including phenoxy) is 1. The molecule has 0 aliphatic carbocycles. The lowest BCUT2D eigenvalue weighted by atomic mass is 9.89. The van der Waals surface area contributed by atoms with Crippen molar-refractivity contribution in [3.8, 4) is 0 Å². The first-order valence-corrected chi connectivity index (χ1v) is 5.39. The van der Waals surface area contributed by atoms with Crippen LogP contribution in [0.15, 0.2) is 0 Å². The Morgan fingerprint density at radius 1 is 1.67 bits per heavy atom. The molecule has 1 saturated heterocycles. The van der Waals surface area contributed by atoms with Gasteiger partial charge in [0.05, 0.1) is 19.0 Å². The topological polar surface area (TPSA) is 38.3 Å². The van der Waals surface area contributed by atoms with Crippen molar-refractivity contribution in [1.29, 1.82) is 0 Å². The lowest BCUT2D eigenvalue weighted by molar-refractivity contribution is -0.124. The molecular formula is C8H15NO2S. The standard InChI is InChI=1S/C8H15NO2S/c1-8(5-11-6-8)4-9-7(10)3-12-2/h3-6H2,1-2H3,(H,9,10). The van der Waals surface area contributed by atoms with Gasteiger partial charge in [-0.05, 0) is 6.26 Å². The maximum absolute atomic E-state index is 11.1. The van der Waals surface area contributed by atoms with Crippen LogP contribution in [0.25, 0.3) is 0 Å². The second-order valence-corrected chi connectivity index (χ2v) is 4.38. The van der Waals surface area contributed by atoms with Crippen molar-refractivity contribution in [2.24, 2.45) is 5.41 Å². The molecule has 0 spiro atoms. The Morgan fingerprint density at radius 2 is 2.33 bits per heavy atom. The van der Waals surface area contributed by atoms with Gasteiger partial charge in [-0.3, -0.25) is 4.79 Å². The minimum Gasteiger partial charge on any atom is -0.380 e. The maximum atomic E-state index is 11.1. The van der Waals surface area contributed by atoms with Gasteiger partial charge >= 0.3 is 0 Å². The van der Waals surface area contributed by atoms with Gasteiger partial charge < -0.3 is 10.1 Å². The number of thioether (sulfide) groups is 1. The number of nitrogens with one attached hydrogen (secondary N) is 1. The lowest BCUT2D eigenvalue weighted by Gasteiger charge is -2.37. The molecule has 1 N–H and O–H groups in total. The first kappa shape index (κ1) is 9.86. The molecule has 1 rings (SSSR count). The third-order valence-corrected chi connectivity index (χ3v) is 2.44. The van der Waals surface area contributed by atoms with Crippen molar-refractivity contribution in [3.63, 3.8) is 0 Å². The summed E-state index contributed by atoms with van der Waals surface area (Å²) in [5, 5.41) is 2.89. The average molecular weight is 189 g/mol. The molecule has 0 aromatic heterocycles. The van der Waals surface area contributed by atoms with E-state index in [4.69, 9.17) is 4.74 Å². The number of carbonyl (C=O) groups excluding carboxylic acids is 1. The van der Waals surface area contributed by atoms with E-state index >= 15 is 0 Å². The van der Waals surface area contributed by atoms with Gasteiger partial charge in [0.2, 0.25) is 5.91 Å². The lowest BCUT2D eigenvalue weighted by Crippen LogP contribution is -2.48. The van der Waals surface area contributed by atoms with Gasteiger partial charge in [-0.1, -0.05) is 6.92 Å². The van der Waals surface area contributed by atoms with E-state index in [0.29, 0.717) is 5.75 Å². The van der Waals surface area contributed by atoms with E-state index in [2.05, 4.69) is 12.2 Å². The van der Waals surface area contributed by atoms with E-state index in [1.54, 1.807) is 11.8 Å². The SMILES string of the molecule is CSCC(=O)NCC1(C)COC1. The Morgan fingerprint density at radius 3 is 2.75 bits per heavy atom. The van der Waals surface area contributed by atoms with Gasteiger partial charge in [0.1, 0.15) is 0 Å². The molecule has 12 heavy (non-hydrogen) atoms. The van der Waals surface area contributed by atoms with Gasteiger partial charge in [0.15, 0.2) is 0 Å². The number of carbonyl (C=O) groups is 1. The summed E-state index contributed by atoms with van der Waals surface area (Å²) in [6, 6.07) is 0. The second-order valence-electron chi connectivity index (χ2n) is 3.51. The molecule has 70 valence electrons. The Labute approximate surface area is 77.2 Å². The first-order chi connectivity index (χ1) is 5.66. The highest BCUT2D eigenvalue weighted by atomic mass is 32.2. The van der Waals surface area contributed by atoms with Crippen molar-refractivity contribution in [1.82, 2.24) is 5.32 Å². The molecule has 0 aromatic carbocycles. The molecule has 1 amide bonds. The van der Waals surface area contributed by atoms with Crippen molar-refractivity contribution in [2.75, 3.05) is 31.8 Å². The highest BCUT2D eigenvalue weighted by Gasteiger charge is 2.33. The van der Waals surface area contributed by atoms with Crippen LogP contribution in [0.3, 0.4) is 0 Å². The van der Waals surface area contributed by atoms with Crippen molar-refractivity contribution in [3.05, 3.63) is 0 Å². The summed E-state index contributed by atoms with van der Waals surface area (Å²) in [5.74, 6) is 0.673. The summed E-state index contributed by atoms with van der Waals surface area (Å²) < 4.78 is 5.07. The van der Waals surface area contributed by atoms with Crippen molar-refractivity contribution >= 4 is 17.7 Å². The summed E-state index contributed by atoms with van der Waals surface area (Å²) in [6.45, 7) is 4.40. The summed E-state index contributed by atoms with van der Waals surface area (Å²) in [6.07, 6.45) is 1.92. The molecule has 1 fully saturated rings. The van der Waals surface area contributed by atoms with Crippen LogP contribution in [0.1, 0.15) is 6.92 Å². The van der Waals surface area contributed by atoms with Crippen molar-refractivity contribution in [2.45, 2.75) is 6.92 Å². The van der Waals surface area contributed by atoms with Crippen LogP contribution in [0.5, 0.6) is 0 Å². The molecule has 1 heterocycles. The van der Waals surface area contributed by atoms with E-state index in [0.717, 1.165) is 19.8 Å². The van der Waals surface area contributed by atoms with Crippen LogP contribution in [0, 0.1) is 5.41 Å². The Balaban J connectivity index is 2.12. The zero-order chi connectivity index (χ0) is 9.03. The van der Waals surface area contributed by atoms with Crippen LogP contribution in [-0.2, 0) is 9.53 Å². The van der Waals surface area contributed by atoms with Gasteiger partial charge in [0.25, 0.3) is 0 Å². The highest BCUT2D eigenvalue weighted by molar-refractivity contribution is 7.99. The molecule has 0 unspecified atom stereocenters. The summed E-state index contributed by atoms with van der Waals surface area (Å²) in [5.41, 5.74) is 0.189. The van der Waals surface area contributed by atoms with Gasteiger partial charge in [-0.2, -0.15) is 11.8 Å². The average Bonchev–Trinajstić information content (AvgIpc) is 1.98. The maximum Gasteiger partial charge on any atom is 0.230 e. The highest BCUT2D eigenvalue weighted by Crippen LogP contribution is 2.24. The predicted octanol–water partition coefficient (Wildman–Crippen LogP) is 0.502. The minimum absolute atomic E-state index is 0.121. The van der Waals surface area contributed by atoms with E-state index in [9.17, 15) is 4.79 Å². The summed E-state index contributed by atoms with van der Waals surface area (Å²) >= 11 is 1.54. The first-order valence-electron chi connectivity index (χ1n) is 4.00.